The van der Waals surface area contributed by atoms with E-state index < -0.39 is 6.10 Å². The molecule has 2 aromatic heterocycles. The summed E-state index contributed by atoms with van der Waals surface area (Å²) in [4.78, 5) is 7.29. The van der Waals surface area contributed by atoms with Crippen molar-refractivity contribution in [1.82, 2.24) is 14.8 Å². The highest BCUT2D eigenvalue weighted by molar-refractivity contribution is 5.92. The molecule has 1 saturated heterocycles. The number of methoxy groups -OCH3 is 1. The Kier molecular flexibility index (Phi) is 6.78. The third-order valence-electron chi connectivity index (χ3n) is 5.51. The van der Waals surface area contributed by atoms with E-state index in [1.54, 1.807) is 13.2 Å². The van der Waals surface area contributed by atoms with E-state index in [1.165, 1.54) is 0 Å². The first-order valence-electron chi connectivity index (χ1n) is 10.9. The van der Waals surface area contributed by atoms with Crippen molar-refractivity contribution in [2.45, 2.75) is 26.0 Å². The fourth-order valence-corrected chi connectivity index (χ4v) is 3.77. The van der Waals surface area contributed by atoms with Crippen LogP contribution in [0.25, 0.3) is 22.3 Å². The van der Waals surface area contributed by atoms with Gasteiger partial charge in [0.15, 0.2) is 5.65 Å². The van der Waals surface area contributed by atoms with Crippen molar-refractivity contribution >= 4 is 16.7 Å². The third kappa shape index (κ3) is 4.64. The largest absolute Gasteiger partial charge is 0.497 e. The van der Waals surface area contributed by atoms with Crippen LogP contribution in [0.1, 0.15) is 19.9 Å². The maximum absolute atomic E-state index is 9.77. The van der Waals surface area contributed by atoms with E-state index in [1.807, 2.05) is 23.0 Å². The predicted octanol–water partition coefficient (Wildman–Crippen LogP) is 2.22. The molecule has 0 bridgehead atoms. The Morgan fingerprint density at radius 3 is 2.59 bits per heavy atom. The average molecular weight is 442 g/mol. The van der Waals surface area contributed by atoms with Crippen LogP contribution >= 0.6 is 0 Å². The van der Waals surface area contributed by atoms with Gasteiger partial charge in [-0.15, -0.1) is 0 Å². The van der Waals surface area contributed by atoms with E-state index in [9.17, 15) is 5.11 Å². The van der Waals surface area contributed by atoms with Crippen molar-refractivity contribution in [2.24, 2.45) is 5.73 Å². The van der Waals surface area contributed by atoms with Crippen molar-refractivity contribution in [3.05, 3.63) is 30.5 Å². The molecule has 0 amide bonds. The SMILES string of the molecule is COc1cc(OC[C@@H](O)CN)cc(-c2cc(N3CCOCC3)c3cnn(C(C)C)c3n2)c1. The smallest absolute Gasteiger partial charge is 0.160 e. The van der Waals surface area contributed by atoms with Gasteiger partial charge in [-0.05, 0) is 32.0 Å². The number of anilines is 1. The van der Waals surface area contributed by atoms with Crippen LogP contribution in [0.4, 0.5) is 5.69 Å². The van der Waals surface area contributed by atoms with Gasteiger partial charge < -0.3 is 30.0 Å². The molecule has 0 radical (unpaired) electrons. The van der Waals surface area contributed by atoms with Crippen molar-refractivity contribution in [3.8, 4) is 22.8 Å². The first-order valence-corrected chi connectivity index (χ1v) is 10.9. The molecule has 0 aliphatic carbocycles. The quantitative estimate of drug-likeness (QED) is 0.548. The molecule has 0 saturated carbocycles. The topological polar surface area (TPSA) is 108 Å². The lowest BCUT2D eigenvalue weighted by molar-refractivity contribution is 0.114. The zero-order valence-electron chi connectivity index (χ0n) is 18.8. The Hall–Kier alpha value is -2.88. The van der Waals surface area contributed by atoms with Crippen LogP contribution in [0.15, 0.2) is 30.5 Å². The van der Waals surface area contributed by atoms with Crippen LogP contribution in [0, 0.1) is 0 Å². The normalized spacial score (nSPS) is 15.4. The minimum absolute atomic E-state index is 0.106. The van der Waals surface area contributed by atoms with Gasteiger partial charge in [0.05, 0.1) is 43.3 Å². The number of morpholine rings is 1. The standard InChI is InChI=1S/C23H31N5O4/c1-15(2)28-23-20(13-25-28)22(27-4-6-31-7-5-27)11-21(26-23)16-8-18(30-3)10-19(9-16)32-14-17(29)12-24/h8-11,13,15,17,29H,4-7,12,14,24H2,1-3H3/t17-/m0/s1. The van der Waals surface area contributed by atoms with Crippen LogP contribution in [-0.4, -0.2) is 72.5 Å². The number of pyridine rings is 1. The molecule has 1 aliphatic heterocycles. The second-order valence-corrected chi connectivity index (χ2v) is 8.14. The summed E-state index contributed by atoms with van der Waals surface area (Å²) in [6, 6.07) is 7.88. The number of benzene rings is 1. The Morgan fingerprint density at radius 1 is 1.16 bits per heavy atom. The van der Waals surface area contributed by atoms with Gasteiger partial charge in [-0.25, -0.2) is 9.67 Å². The molecule has 1 aliphatic rings. The number of aliphatic hydroxyl groups is 1. The van der Waals surface area contributed by atoms with Gasteiger partial charge in [0.25, 0.3) is 0 Å². The highest BCUT2D eigenvalue weighted by Gasteiger charge is 2.20. The number of nitrogens with zero attached hydrogens (tertiary/aromatic N) is 4. The zero-order valence-corrected chi connectivity index (χ0v) is 18.8. The number of ether oxygens (including phenoxy) is 3. The summed E-state index contributed by atoms with van der Waals surface area (Å²) in [7, 11) is 1.61. The van der Waals surface area contributed by atoms with Gasteiger partial charge in [0.1, 0.15) is 24.2 Å². The molecule has 3 N–H and O–H groups in total. The van der Waals surface area contributed by atoms with Gasteiger partial charge in [-0.2, -0.15) is 5.10 Å². The second-order valence-electron chi connectivity index (χ2n) is 8.14. The van der Waals surface area contributed by atoms with Gasteiger partial charge in [-0.3, -0.25) is 0 Å². The van der Waals surface area contributed by atoms with E-state index >= 15 is 0 Å². The molecular formula is C23H31N5O4. The second kappa shape index (κ2) is 9.72. The first-order chi connectivity index (χ1) is 15.5. The van der Waals surface area contributed by atoms with E-state index in [2.05, 4.69) is 29.9 Å². The fourth-order valence-electron chi connectivity index (χ4n) is 3.77. The highest BCUT2D eigenvalue weighted by Crippen LogP contribution is 2.35. The van der Waals surface area contributed by atoms with Crippen LogP contribution in [0.3, 0.4) is 0 Å². The lowest BCUT2D eigenvalue weighted by Crippen LogP contribution is -2.36. The third-order valence-corrected chi connectivity index (χ3v) is 5.51. The van der Waals surface area contributed by atoms with Crippen molar-refractivity contribution in [1.29, 1.82) is 0 Å². The van der Waals surface area contributed by atoms with Crippen LogP contribution < -0.4 is 20.1 Å². The maximum atomic E-state index is 9.77. The van der Waals surface area contributed by atoms with E-state index in [-0.39, 0.29) is 19.2 Å². The number of rotatable bonds is 8. The average Bonchev–Trinajstić information content (AvgIpc) is 3.26. The minimum atomic E-state index is -0.729. The van der Waals surface area contributed by atoms with Crippen molar-refractivity contribution < 1.29 is 19.3 Å². The van der Waals surface area contributed by atoms with Gasteiger partial charge in [0, 0.05) is 37.3 Å². The highest BCUT2D eigenvalue weighted by atomic mass is 16.5. The summed E-state index contributed by atoms with van der Waals surface area (Å²) >= 11 is 0. The molecule has 9 heteroatoms. The van der Waals surface area contributed by atoms with Crippen LogP contribution in [-0.2, 0) is 4.74 Å². The van der Waals surface area contributed by atoms with E-state index in [0.29, 0.717) is 24.7 Å². The fraction of sp³-hybridized carbons (Fsp3) is 0.478. The summed E-state index contributed by atoms with van der Waals surface area (Å²) in [5.74, 6) is 1.23. The van der Waals surface area contributed by atoms with Gasteiger partial charge >= 0.3 is 0 Å². The Balaban J connectivity index is 1.81. The maximum Gasteiger partial charge on any atom is 0.160 e. The Labute approximate surface area is 187 Å². The molecule has 3 aromatic rings. The summed E-state index contributed by atoms with van der Waals surface area (Å²) in [6.45, 7) is 7.44. The molecule has 1 atom stereocenters. The van der Waals surface area contributed by atoms with Crippen molar-refractivity contribution in [2.75, 3.05) is 51.5 Å². The van der Waals surface area contributed by atoms with Crippen molar-refractivity contribution in [3.63, 3.8) is 0 Å². The van der Waals surface area contributed by atoms with Gasteiger partial charge in [-0.1, -0.05) is 0 Å². The molecule has 1 aromatic carbocycles. The molecule has 1 fully saturated rings. The number of nitrogens with two attached hydrogens (primary N) is 1. The molecule has 9 nitrogen and oxygen atoms in total. The number of aliphatic hydroxyl groups excluding tert-OH is 1. The minimum Gasteiger partial charge on any atom is -0.497 e. The molecule has 3 heterocycles. The van der Waals surface area contributed by atoms with Crippen LogP contribution in [0.5, 0.6) is 11.5 Å². The number of hydrogen-bond donors (Lipinski definition) is 2. The summed E-state index contributed by atoms with van der Waals surface area (Å²) in [6.07, 6.45) is 1.16. The number of fused-ring (bicyclic) bond motifs is 1. The predicted molar refractivity (Wildman–Crippen MR) is 123 cm³/mol. The number of hydrogen-bond acceptors (Lipinski definition) is 8. The van der Waals surface area contributed by atoms with E-state index in [0.717, 1.165) is 41.1 Å². The monoisotopic (exact) mass is 441 g/mol. The molecule has 4 rings (SSSR count). The summed E-state index contributed by atoms with van der Waals surface area (Å²) in [5, 5.41) is 15.4. The lowest BCUT2D eigenvalue weighted by Gasteiger charge is -2.29. The van der Waals surface area contributed by atoms with E-state index in [4.69, 9.17) is 24.9 Å². The Morgan fingerprint density at radius 2 is 1.91 bits per heavy atom. The zero-order chi connectivity index (χ0) is 22.7. The molecule has 32 heavy (non-hydrogen) atoms. The number of aromatic nitrogens is 3. The summed E-state index contributed by atoms with van der Waals surface area (Å²) in [5.41, 5.74) is 9.07. The molecule has 0 unspecified atom stereocenters. The molecule has 172 valence electrons. The lowest BCUT2D eigenvalue weighted by atomic mass is 10.1. The Bertz CT molecular complexity index is 1060. The van der Waals surface area contributed by atoms with Crippen LogP contribution in [0.2, 0.25) is 0 Å². The first kappa shape index (κ1) is 22.3. The van der Waals surface area contributed by atoms with Gasteiger partial charge in [0.2, 0.25) is 0 Å². The summed E-state index contributed by atoms with van der Waals surface area (Å²) < 4.78 is 18.7. The molecule has 0 spiro atoms. The molecular weight excluding hydrogens is 410 g/mol.